The van der Waals surface area contributed by atoms with Crippen LogP contribution in [0, 0.1) is 0 Å². The summed E-state index contributed by atoms with van der Waals surface area (Å²) >= 11 is 5.88. The van der Waals surface area contributed by atoms with Gasteiger partial charge in [0.15, 0.2) is 0 Å². The smallest absolute Gasteiger partial charge is 0.0288 e. The lowest BCUT2D eigenvalue weighted by Gasteiger charge is -2.14. The van der Waals surface area contributed by atoms with E-state index in [0.29, 0.717) is 3.42 Å². The highest BCUT2D eigenvalue weighted by atomic mass is 127. The van der Waals surface area contributed by atoms with E-state index in [1.165, 1.54) is 6.42 Å². The number of rotatable bonds is 2. The summed E-state index contributed by atoms with van der Waals surface area (Å²) in [6.45, 7) is 4.44. The Morgan fingerprint density at radius 2 is 2.14 bits per heavy atom. The molecule has 0 spiro atoms. The van der Waals surface area contributed by atoms with Crippen LogP contribution in [0.5, 0.6) is 0 Å². The van der Waals surface area contributed by atoms with Crippen molar-refractivity contribution >= 4 is 38.5 Å². The van der Waals surface area contributed by atoms with Crippen molar-refractivity contribution in [3.8, 4) is 0 Å². The monoisotopic (exact) mass is 276 g/mol. The van der Waals surface area contributed by atoms with E-state index in [1.807, 2.05) is 0 Å². The molecule has 1 unspecified atom stereocenters. The molecule has 0 aromatic heterocycles. The lowest BCUT2D eigenvalue weighted by atomic mass is 10.2. The molecule has 0 N–H and O–H groups in total. The highest BCUT2D eigenvalue weighted by Gasteiger charge is 2.13. The summed E-state index contributed by atoms with van der Waals surface area (Å²) in [5.74, 6) is 0. The maximum atomic E-state index is 3.42. The van der Waals surface area contributed by atoms with E-state index in [1.54, 1.807) is 0 Å². The average Bonchev–Trinajstić information content (AvgIpc) is 1.68. The molecule has 0 aromatic rings. The van der Waals surface area contributed by atoms with Crippen molar-refractivity contribution in [3.05, 3.63) is 0 Å². The van der Waals surface area contributed by atoms with Gasteiger partial charge >= 0.3 is 0 Å². The fourth-order valence-corrected chi connectivity index (χ4v) is 0.491. The molecule has 0 bridgehead atoms. The zero-order valence-corrected chi connectivity index (χ0v) is 8.41. The zero-order valence-electron chi connectivity index (χ0n) is 4.67. The minimum atomic E-state index is 0.470. The topological polar surface area (TPSA) is 0 Å². The second-order valence-electron chi connectivity index (χ2n) is 1.90. The Morgan fingerprint density at radius 3 is 2.14 bits per heavy atom. The third-order valence-corrected chi connectivity index (χ3v) is 4.45. The van der Waals surface area contributed by atoms with Gasteiger partial charge in [0, 0.05) is 8.75 Å². The van der Waals surface area contributed by atoms with E-state index in [0.717, 1.165) is 5.33 Å². The lowest BCUT2D eigenvalue weighted by molar-refractivity contribution is 0.734. The van der Waals surface area contributed by atoms with Crippen molar-refractivity contribution in [3.63, 3.8) is 0 Å². The Hall–Kier alpha value is 1.21. The van der Waals surface area contributed by atoms with E-state index >= 15 is 0 Å². The average molecular weight is 277 g/mol. The normalized spacial score (nSPS) is 18.9. The summed E-state index contributed by atoms with van der Waals surface area (Å²) < 4.78 is 0.470. The molecule has 0 aliphatic heterocycles. The molecule has 44 valence electrons. The Balaban J connectivity index is 3.36. The van der Waals surface area contributed by atoms with Gasteiger partial charge in [0.1, 0.15) is 0 Å². The largest absolute Gasteiger partial charge is 0.0914 e. The number of halogens is 2. The molecule has 0 radical (unpaired) electrons. The van der Waals surface area contributed by atoms with Crippen molar-refractivity contribution in [2.45, 2.75) is 23.7 Å². The molecule has 0 saturated carbocycles. The second-order valence-corrected chi connectivity index (χ2v) is 5.07. The molecular weight excluding hydrogens is 267 g/mol. The van der Waals surface area contributed by atoms with Crippen LogP contribution in [0.3, 0.4) is 0 Å². The number of hydrogen-bond acceptors (Lipinski definition) is 0. The predicted octanol–water partition coefficient (Wildman–Crippen LogP) is 2.99. The lowest BCUT2D eigenvalue weighted by Crippen LogP contribution is -2.14. The third kappa shape index (κ3) is 3.76. The number of hydrogen-bond donors (Lipinski definition) is 0. The van der Waals surface area contributed by atoms with Crippen LogP contribution >= 0.6 is 38.5 Å². The van der Waals surface area contributed by atoms with Crippen molar-refractivity contribution < 1.29 is 0 Å². The summed E-state index contributed by atoms with van der Waals surface area (Å²) in [7, 11) is 0. The van der Waals surface area contributed by atoms with Crippen LogP contribution in [-0.2, 0) is 0 Å². The van der Waals surface area contributed by atoms with Crippen LogP contribution in [-0.4, -0.2) is 8.75 Å². The van der Waals surface area contributed by atoms with Crippen LogP contribution in [0.15, 0.2) is 0 Å². The Bertz CT molecular complexity index is 46.0. The molecule has 0 nitrogen and oxygen atoms in total. The Kier molecular flexibility index (Phi) is 3.84. The van der Waals surface area contributed by atoms with E-state index in [2.05, 4.69) is 52.4 Å². The van der Waals surface area contributed by atoms with Crippen LogP contribution in [0.1, 0.15) is 20.3 Å². The maximum absolute atomic E-state index is 3.42. The van der Waals surface area contributed by atoms with E-state index in [4.69, 9.17) is 0 Å². The van der Waals surface area contributed by atoms with Gasteiger partial charge in [-0.15, -0.1) is 0 Å². The summed E-state index contributed by atoms with van der Waals surface area (Å²) in [4.78, 5) is 0. The van der Waals surface area contributed by atoms with Gasteiger partial charge in [-0.2, -0.15) is 0 Å². The van der Waals surface area contributed by atoms with Crippen LogP contribution in [0.2, 0.25) is 0 Å². The molecule has 2 heteroatoms. The quantitative estimate of drug-likeness (QED) is 0.537. The molecule has 0 amide bonds. The molecule has 0 heterocycles. The third-order valence-electron chi connectivity index (χ3n) is 1.02. The molecule has 0 saturated heterocycles. The summed E-state index contributed by atoms with van der Waals surface area (Å²) in [6, 6.07) is 0. The Morgan fingerprint density at radius 1 is 1.71 bits per heavy atom. The van der Waals surface area contributed by atoms with Gasteiger partial charge in [-0.1, -0.05) is 45.4 Å². The molecule has 0 aromatic carbocycles. The molecule has 0 rings (SSSR count). The summed E-state index contributed by atoms with van der Waals surface area (Å²) in [6.07, 6.45) is 1.23. The molecule has 7 heavy (non-hydrogen) atoms. The SMILES string of the molecule is CCC(C)(I)CBr. The van der Waals surface area contributed by atoms with Gasteiger partial charge < -0.3 is 0 Å². The van der Waals surface area contributed by atoms with Crippen molar-refractivity contribution in [2.24, 2.45) is 0 Å². The van der Waals surface area contributed by atoms with Gasteiger partial charge in [-0.25, -0.2) is 0 Å². The first-order valence-corrected chi connectivity index (χ1v) is 4.57. The van der Waals surface area contributed by atoms with Gasteiger partial charge in [0.05, 0.1) is 0 Å². The minimum Gasteiger partial charge on any atom is -0.0914 e. The molecule has 0 aliphatic rings. The van der Waals surface area contributed by atoms with Gasteiger partial charge in [0.2, 0.25) is 0 Å². The van der Waals surface area contributed by atoms with Gasteiger partial charge in [-0.05, 0) is 13.3 Å². The van der Waals surface area contributed by atoms with Gasteiger partial charge in [0.25, 0.3) is 0 Å². The zero-order chi connectivity index (χ0) is 5.91. The highest BCUT2D eigenvalue weighted by molar-refractivity contribution is 14.1. The first-order valence-electron chi connectivity index (χ1n) is 2.37. The maximum Gasteiger partial charge on any atom is 0.0288 e. The summed E-state index contributed by atoms with van der Waals surface area (Å²) in [5.41, 5.74) is 0. The highest BCUT2D eigenvalue weighted by Crippen LogP contribution is 2.23. The van der Waals surface area contributed by atoms with E-state index in [-0.39, 0.29) is 0 Å². The fourth-order valence-electron chi connectivity index (χ4n) is 0.0945. The fraction of sp³-hybridized carbons (Fsp3) is 1.00. The van der Waals surface area contributed by atoms with Crippen molar-refractivity contribution in [1.82, 2.24) is 0 Å². The minimum absolute atomic E-state index is 0.470. The van der Waals surface area contributed by atoms with Crippen molar-refractivity contribution in [2.75, 3.05) is 5.33 Å². The molecule has 1 atom stereocenters. The van der Waals surface area contributed by atoms with Crippen LogP contribution in [0.25, 0.3) is 0 Å². The van der Waals surface area contributed by atoms with E-state index < -0.39 is 0 Å². The Labute approximate surface area is 67.3 Å². The first-order chi connectivity index (χ1) is 3.12. The first kappa shape index (κ1) is 8.21. The van der Waals surface area contributed by atoms with Crippen LogP contribution in [0.4, 0.5) is 0 Å². The van der Waals surface area contributed by atoms with Crippen LogP contribution < -0.4 is 0 Å². The van der Waals surface area contributed by atoms with E-state index in [9.17, 15) is 0 Å². The summed E-state index contributed by atoms with van der Waals surface area (Å²) in [5, 5.41) is 1.09. The predicted molar refractivity (Wildman–Crippen MR) is 46.5 cm³/mol. The van der Waals surface area contributed by atoms with Gasteiger partial charge in [-0.3, -0.25) is 0 Å². The molecule has 0 fully saturated rings. The molecule has 0 aliphatic carbocycles. The second kappa shape index (κ2) is 3.28. The standard InChI is InChI=1S/C5H10BrI/c1-3-5(2,7)4-6/h3-4H2,1-2H3. The molecular formula is C5H10BrI. The van der Waals surface area contributed by atoms with Crippen molar-refractivity contribution in [1.29, 1.82) is 0 Å². The number of alkyl halides is 2.